The van der Waals surface area contributed by atoms with Gasteiger partial charge in [-0.05, 0) is 63.2 Å². The van der Waals surface area contributed by atoms with Crippen molar-refractivity contribution < 1.29 is 4.74 Å². The average Bonchev–Trinajstić information content (AvgIpc) is 2.61. The zero-order chi connectivity index (χ0) is 10.2. The standard InChI is InChI=1S/C14H20O/c1-8-3-4-11-10-6-13(12(11)5-8)14(7-10)9(2)15-14/h3,9-13H,4-7H2,1-2H3/t9-,10+,11-,12+,13-,14+/m1/s1. The first-order chi connectivity index (χ1) is 7.21. The Morgan fingerprint density at radius 3 is 2.93 bits per heavy atom. The molecule has 0 aromatic carbocycles. The summed E-state index contributed by atoms with van der Waals surface area (Å²) in [5.41, 5.74) is 2.00. The second kappa shape index (κ2) is 2.51. The number of hydrogen-bond acceptors (Lipinski definition) is 1. The van der Waals surface area contributed by atoms with Gasteiger partial charge < -0.3 is 4.74 Å². The Kier molecular flexibility index (Phi) is 1.47. The van der Waals surface area contributed by atoms with Gasteiger partial charge in [0.15, 0.2) is 0 Å². The van der Waals surface area contributed by atoms with Crippen molar-refractivity contribution in [1.82, 2.24) is 0 Å². The molecule has 2 saturated carbocycles. The first-order valence-corrected chi connectivity index (χ1v) is 6.54. The van der Waals surface area contributed by atoms with Crippen LogP contribution < -0.4 is 0 Å². The molecule has 0 amide bonds. The lowest BCUT2D eigenvalue weighted by Gasteiger charge is -2.37. The molecule has 82 valence electrons. The highest BCUT2D eigenvalue weighted by Crippen LogP contribution is 2.68. The number of fused-ring (bicyclic) bond motifs is 6. The van der Waals surface area contributed by atoms with Gasteiger partial charge in [0.25, 0.3) is 0 Å². The third kappa shape index (κ3) is 0.939. The number of rotatable bonds is 0. The molecule has 0 radical (unpaired) electrons. The Morgan fingerprint density at radius 2 is 2.20 bits per heavy atom. The zero-order valence-corrected chi connectivity index (χ0v) is 9.70. The summed E-state index contributed by atoms with van der Waals surface area (Å²) < 4.78 is 5.96. The molecule has 3 fully saturated rings. The Bertz CT molecular complexity index is 345. The minimum Gasteiger partial charge on any atom is -0.366 e. The molecular formula is C14H20O. The third-order valence-electron chi connectivity index (χ3n) is 5.76. The molecule has 6 atom stereocenters. The molecule has 4 rings (SSSR count). The molecule has 2 bridgehead atoms. The van der Waals surface area contributed by atoms with E-state index in [0.29, 0.717) is 11.7 Å². The minimum atomic E-state index is 0.365. The van der Waals surface area contributed by atoms with Gasteiger partial charge >= 0.3 is 0 Å². The highest BCUT2D eigenvalue weighted by molar-refractivity contribution is 5.22. The van der Waals surface area contributed by atoms with Gasteiger partial charge in [0.1, 0.15) is 0 Å². The van der Waals surface area contributed by atoms with E-state index < -0.39 is 0 Å². The van der Waals surface area contributed by atoms with Gasteiger partial charge in [-0.3, -0.25) is 0 Å². The number of epoxide rings is 1. The van der Waals surface area contributed by atoms with Gasteiger partial charge in [-0.25, -0.2) is 0 Å². The lowest BCUT2D eigenvalue weighted by Crippen LogP contribution is -2.36. The van der Waals surface area contributed by atoms with E-state index in [1.807, 2.05) is 0 Å². The number of allylic oxidation sites excluding steroid dienone is 2. The molecule has 0 aromatic heterocycles. The highest BCUT2D eigenvalue weighted by Gasteiger charge is 2.70. The van der Waals surface area contributed by atoms with Crippen molar-refractivity contribution in [3.05, 3.63) is 11.6 Å². The summed E-state index contributed by atoms with van der Waals surface area (Å²) >= 11 is 0. The maximum absolute atomic E-state index is 5.96. The SMILES string of the molecule is CC1=CC[C@@H]2[C@H]3C[C@H]([C@H]2C1)[C@@]1(C3)O[C@@H]1C. The molecule has 1 heterocycles. The van der Waals surface area contributed by atoms with E-state index in [1.165, 1.54) is 25.7 Å². The van der Waals surface area contributed by atoms with Gasteiger partial charge in [0.05, 0.1) is 11.7 Å². The molecule has 0 aromatic rings. The van der Waals surface area contributed by atoms with Crippen molar-refractivity contribution in [2.24, 2.45) is 23.7 Å². The average molecular weight is 204 g/mol. The van der Waals surface area contributed by atoms with Gasteiger partial charge in [0.2, 0.25) is 0 Å². The van der Waals surface area contributed by atoms with Crippen LogP contribution in [-0.4, -0.2) is 11.7 Å². The molecule has 1 nitrogen and oxygen atoms in total. The minimum absolute atomic E-state index is 0.365. The van der Waals surface area contributed by atoms with Crippen molar-refractivity contribution in [3.8, 4) is 0 Å². The van der Waals surface area contributed by atoms with E-state index in [9.17, 15) is 0 Å². The highest BCUT2D eigenvalue weighted by atomic mass is 16.6. The molecule has 1 saturated heterocycles. The second-order valence-electron chi connectivity index (χ2n) is 6.34. The van der Waals surface area contributed by atoms with E-state index in [2.05, 4.69) is 19.9 Å². The van der Waals surface area contributed by atoms with Crippen LogP contribution in [0, 0.1) is 23.7 Å². The van der Waals surface area contributed by atoms with Crippen molar-refractivity contribution >= 4 is 0 Å². The summed E-state index contributed by atoms with van der Waals surface area (Å²) in [5, 5.41) is 0. The Hall–Kier alpha value is -0.300. The lowest BCUT2D eigenvalue weighted by atomic mass is 9.67. The van der Waals surface area contributed by atoms with Crippen LogP contribution in [0.25, 0.3) is 0 Å². The Labute approximate surface area is 91.9 Å². The smallest absolute Gasteiger partial charge is 0.0979 e. The monoisotopic (exact) mass is 204 g/mol. The predicted octanol–water partition coefficient (Wildman–Crippen LogP) is 3.16. The van der Waals surface area contributed by atoms with Crippen LogP contribution in [0.5, 0.6) is 0 Å². The lowest BCUT2D eigenvalue weighted by molar-refractivity contribution is 0.114. The van der Waals surface area contributed by atoms with Crippen LogP contribution in [0.4, 0.5) is 0 Å². The van der Waals surface area contributed by atoms with Crippen LogP contribution in [0.15, 0.2) is 11.6 Å². The van der Waals surface area contributed by atoms with Crippen molar-refractivity contribution in [2.75, 3.05) is 0 Å². The molecule has 0 N–H and O–H groups in total. The molecule has 15 heavy (non-hydrogen) atoms. The van der Waals surface area contributed by atoms with E-state index in [4.69, 9.17) is 4.74 Å². The van der Waals surface area contributed by atoms with Crippen molar-refractivity contribution in [1.29, 1.82) is 0 Å². The van der Waals surface area contributed by atoms with Gasteiger partial charge in [0, 0.05) is 0 Å². The molecule has 3 aliphatic carbocycles. The second-order valence-corrected chi connectivity index (χ2v) is 6.34. The fourth-order valence-corrected chi connectivity index (χ4v) is 5.03. The summed E-state index contributed by atoms with van der Waals surface area (Å²) in [7, 11) is 0. The first kappa shape index (κ1) is 8.81. The molecule has 1 aliphatic heterocycles. The van der Waals surface area contributed by atoms with Gasteiger partial charge in [-0.15, -0.1) is 0 Å². The summed E-state index contributed by atoms with van der Waals surface area (Å²) in [5.74, 6) is 3.89. The Balaban J connectivity index is 1.68. The summed E-state index contributed by atoms with van der Waals surface area (Å²) in [6.07, 6.45) is 8.64. The molecule has 1 heteroatoms. The van der Waals surface area contributed by atoms with E-state index in [0.717, 1.165) is 23.7 Å². The fourth-order valence-electron chi connectivity index (χ4n) is 5.03. The quantitative estimate of drug-likeness (QED) is 0.436. The third-order valence-corrected chi connectivity index (χ3v) is 5.76. The van der Waals surface area contributed by atoms with Crippen LogP contribution in [0.1, 0.15) is 39.5 Å². The molecule has 4 aliphatic rings. The van der Waals surface area contributed by atoms with Crippen LogP contribution >= 0.6 is 0 Å². The molecular weight excluding hydrogens is 184 g/mol. The Morgan fingerprint density at radius 1 is 1.40 bits per heavy atom. The normalized spacial score (nSPS) is 60.7. The van der Waals surface area contributed by atoms with Gasteiger partial charge in [-0.1, -0.05) is 11.6 Å². The zero-order valence-electron chi connectivity index (χ0n) is 9.70. The number of ether oxygens (including phenoxy) is 1. The largest absolute Gasteiger partial charge is 0.366 e. The molecule has 0 unspecified atom stereocenters. The van der Waals surface area contributed by atoms with Crippen LogP contribution in [-0.2, 0) is 4.74 Å². The summed E-state index contributed by atoms with van der Waals surface area (Å²) in [6, 6.07) is 0. The fraction of sp³-hybridized carbons (Fsp3) is 0.857. The summed E-state index contributed by atoms with van der Waals surface area (Å²) in [6.45, 7) is 4.59. The van der Waals surface area contributed by atoms with E-state index in [1.54, 1.807) is 5.57 Å². The predicted molar refractivity (Wildman–Crippen MR) is 59.5 cm³/mol. The maximum Gasteiger partial charge on any atom is 0.0979 e. The van der Waals surface area contributed by atoms with Crippen LogP contribution in [0.3, 0.4) is 0 Å². The number of hydrogen-bond donors (Lipinski definition) is 0. The topological polar surface area (TPSA) is 12.5 Å². The van der Waals surface area contributed by atoms with Crippen molar-refractivity contribution in [2.45, 2.75) is 51.2 Å². The first-order valence-electron chi connectivity index (χ1n) is 6.54. The van der Waals surface area contributed by atoms with Gasteiger partial charge in [-0.2, -0.15) is 0 Å². The maximum atomic E-state index is 5.96. The molecule has 1 spiro atoms. The summed E-state index contributed by atoms with van der Waals surface area (Å²) in [4.78, 5) is 0. The van der Waals surface area contributed by atoms with E-state index >= 15 is 0 Å². The van der Waals surface area contributed by atoms with Crippen molar-refractivity contribution in [3.63, 3.8) is 0 Å². The van der Waals surface area contributed by atoms with E-state index in [-0.39, 0.29) is 0 Å². The van der Waals surface area contributed by atoms with Crippen LogP contribution in [0.2, 0.25) is 0 Å².